The van der Waals surface area contributed by atoms with Crippen LogP contribution in [0.1, 0.15) is 31.9 Å². The molecule has 0 aliphatic heterocycles. The van der Waals surface area contributed by atoms with E-state index in [4.69, 9.17) is 9.47 Å². The van der Waals surface area contributed by atoms with Gasteiger partial charge in [-0.1, -0.05) is 63.2 Å². The van der Waals surface area contributed by atoms with Crippen LogP contribution in [-0.2, 0) is 12.0 Å². The summed E-state index contributed by atoms with van der Waals surface area (Å²) in [5.74, 6) is 2.63. The minimum absolute atomic E-state index is 0.0429. The first-order valence-corrected chi connectivity index (χ1v) is 9.62. The Labute approximate surface area is 167 Å². The summed E-state index contributed by atoms with van der Waals surface area (Å²) in [6.45, 7) is 8.21. The molecule has 0 spiro atoms. The lowest BCUT2D eigenvalue weighted by molar-refractivity contribution is 0.213. The Hall–Kier alpha value is -3.01. The van der Waals surface area contributed by atoms with E-state index in [1.54, 1.807) is 6.20 Å². The van der Waals surface area contributed by atoms with Crippen molar-refractivity contribution in [3.63, 3.8) is 0 Å². The van der Waals surface area contributed by atoms with Crippen molar-refractivity contribution in [2.75, 3.05) is 18.5 Å². The molecule has 0 unspecified atom stereocenters. The second kappa shape index (κ2) is 9.27. The van der Waals surface area contributed by atoms with Gasteiger partial charge in [0, 0.05) is 18.3 Å². The van der Waals surface area contributed by atoms with E-state index in [1.165, 1.54) is 5.56 Å². The first-order chi connectivity index (χ1) is 13.5. The van der Waals surface area contributed by atoms with Crippen molar-refractivity contribution >= 4 is 5.82 Å². The molecule has 0 bridgehead atoms. The van der Waals surface area contributed by atoms with Crippen LogP contribution < -0.4 is 14.8 Å². The van der Waals surface area contributed by atoms with Gasteiger partial charge in [-0.05, 0) is 35.2 Å². The largest absolute Gasteiger partial charge is 0.490 e. The monoisotopic (exact) mass is 376 g/mol. The van der Waals surface area contributed by atoms with Gasteiger partial charge in [0.1, 0.15) is 30.5 Å². The smallest absolute Gasteiger partial charge is 0.126 e. The van der Waals surface area contributed by atoms with Crippen LogP contribution in [0.2, 0.25) is 0 Å². The lowest BCUT2D eigenvalue weighted by Gasteiger charge is -2.22. The maximum atomic E-state index is 6.00. The Morgan fingerprint density at radius 1 is 0.786 bits per heavy atom. The summed E-state index contributed by atoms with van der Waals surface area (Å²) in [6.07, 6.45) is 1.78. The Morgan fingerprint density at radius 3 is 2.14 bits per heavy atom. The third kappa shape index (κ3) is 5.49. The molecule has 1 aromatic heterocycles. The van der Waals surface area contributed by atoms with E-state index in [-0.39, 0.29) is 5.41 Å². The molecular formula is C24H28N2O2. The zero-order valence-electron chi connectivity index (χ0n) is 16.8. The van der Waals surface area contributed by atoms with Gasteiger partial charge in [0.2, 0.25) is 0 Å². The Bertz CT molecular complexity index is 873. The molecule has 0 aliphatic rings. The fourth-order valence-electron chi connectivity index (χ4n) is 2.96. The normalized spacial score (nSPS) is 11.1. The van der Waals surface area contributed by atoms with Crippen LogP contribution in [0, 0.1) is 0 Å². The molecule has 28 heavy (non-hydrogen) atoms. The predicted octanol–water partition coefficient (Wildman–Crippen LogP) is 5.45. The van der Waals surface area contributed by atoms with E-state index >= 15 is 0 Å². The van der Waals surface area contributed by atoms with Gasteiger partial charge in [-0.3, -0.25) is 0 Å². The SMILES string of the molecule is CC(C)(C)c1ccccc1OCCOc1ccccc1CNc1ccccn1. The van der Waals surface area contributed by atoms with Gasteiger partial charge in [-0.15, -0.1) is 0 Å². The highest BCUT2D eigenvalue weighted by molar-refractivity contribution is 5.40. The maximum Gasteiger partial charge on any atom is 0.126 e. The van der Waals surface area contributed by atoms with Crippen LogP contribution in [0.3, 0.4) is 0 Å². The molecule has 0 fully saturated rings. The highest BCUT2D eigenvalue weighted by Crippen LogP contribution is 2.30. The topological polar surface area (TPSA) is 43.4 Å². The van der Waals surface area contributed by atoms with Gasteiger partial charge in [-0.2, -0.15) is 0 Å². The molecule has 0 aliphatic carbocycles. The average Bonchev–Trinajstić information content (AvgIpc) is 2.71. The molecule has 0 atom stereocenters. The van der Waals surface area contributed by atoms with E-state index in [9.17, 15) is 0 Å². The summed E-state index contributed by atoms with van der Waals surface area (Å²) in [5, 5.41) is 3.32. The maximum absolute atomic E-state index is 6.00. The van der Waals surface area contributed by atoms with Crippen LogP contribution in [0.4, 0.5) is 5.82 Å². The fourth-order valence-corrected chi connectivity index (χ4v) is 2.96. The average molecular weight is 377 g/mol. The van der Waals surface area contributed by atoms with Gasteiger partial charge in [0.25, 0.3) is 0 Å². The van der Waals surface area contributed by atoms with E-state index in [0.717, 1.165) is 22.9 Å². The predicted molar refractivity (Wildman–Crippen MR) is 114 cm³/mol. The van der Waals surface area contributed by atoms with Crippen molar-refractivity contribution in [3.8, 4) is 11.5 Å². The van der Waals surface area contributed by atoms with Crippen molar-refractivity contribution in [1.82, 2.24) is 4.98 Å². The number of hydrogen-bond acceptors (Lipinski definition) is 4. The quantitative estimate of drug-likeness (QED) is 0.531. The number of rotatable bonds is 8. The van der Waals surface area contributed by atoms with Crippen molar-refractivity contribution < 1.29 is 9.47 Å². The lowest BCUT2D eigenvalue weighted by Crippen LogP contribution is -2.16. The molecule has 2 aromatic carbocycles. The van der Waals surface area contributed by atoms with Gasteiger partial charge in [0.05, 0.1) is 0 Å². The molecular weight excluding hydrogens is 348 g/mol. The summed E-state index contributed by atoms with van der Waals surface area (Å²) in [5.41, 5.74) is 2.33. The number of ether oxygens (including phenoxy) is 2. The van der Waals surface area contributed by atoms with Crippen molar-refractivity contribution in [2.24, 2.45) is 0 Å². The molecule has 1 N–H and O–H groups in total. The zero-order chi connectivity index (χ0) is 19.8. The Morgan fingerprint density at radius 2 is 1.43 bits per heavy atom. The van der Waals surface area contributed by atoms with E-state index < -0.39 is 0 Å². The van der Waals surface area contributed by atoms with Crippen LogP contribution in [0.5, 0.6) is 11.5 Å². The van der Waals surface area contributed by atoms with Crippen LogP contribution in [0.15, 0.2) is 72.9 Å². The fraction of sp³-hybridized carbons (Fsp3) is 0.292. The molecule has 4 heteroatoms. The third-order valence-electron chi connectivity index (χ3n) is 4.39. The molecule has 1 heterocycles. The molecule has 0 saturated carbocycles. The number of para-hydroxylation sites is 2. The van der Waals surface area contributed by atoms with E-state index in [0.29, 0.717) is 19.8 Å². The molecule has 3 aromatic rings. The first kappa shape index (κ1) is 19.7. The summed E-state index contributed by atoms with van der Waals surface area (Å²) < 4.78 is 12.0. The second-order valence-electron chi connectivity index (χ2n) is 7.62. The lowest BCUT2D eigenvalue weighted by atomic mass is 9.86. The molecule has 146 valence electrons. The molecule has 0 radical (unpaired) electrons. The number of benzene rings is 2. The summed E-state index contributed by atoms with van der Waals surface area (Å²) in [6, 6.07) is 22.0. The van der Waals surface area contributed by atoms with Crippen molar-refractivity contribution in [3.05, 3.63) is 84.1 Å². The Balaban J connectivity index is 1.55. The molecule has 0 amide bonds. The van der Waals surface area contributed by atoms with Gasteiger partial charge < -0.3 is 14.8 Å². The van der Waals surface area contributed by atoms with Gasteiger partial charge in [-0.25, -0.2) is 4.98 Å². The number of aromatic nitrogens is 1. The second-order valence-corrected chi connectivity index (χ2v) is 7.62. The number of anilines is 1. The number of hydrogen-bond donors (Lipinski definition) is 1. The third-order valence-corrected chi connectivity index (χ3v) is 4.39. The van der Waals surface area contributed by atoms with Crippen LogP contribution in [-0.4, -0.2) is 18.2 Å². The Kier molecular flexibility index (Phi) is 6.53. The number of nitrogens with zero attached hydrogens (tertiary/aromatic N) is 1. The minimum Gasteiger partial charge on any atom is -0.490 e. The summed E-state index contributed by atoms with van der Waals surface area (Å²) in [7, 11) is 0. The number of pyridine rings is 1. The van der Waals surface area contributed by atoms with Crippen LogP contribution in [0.25, 0.3) is 0 Å². The summed E-state index contributed by atoms with van der Waals surface area (Å²) >= 11 is 0. The van der Waals surface area contributed by atoms with Gasteiger partial charge >= 0.3 is 0 Å². The summed E-state index contributed by atoms with van der Waals surface area (Å²) in [4.78, 5) is 4.29. The van der Waals surface area contributed by atoms with Crippen molar-refractivity contribution in [1.29, 1.82) is 0 Å². The van der Waals surface area contributed by atoms with Crippen LogP contribution >= 0.6 is 0 Å². The van der Waals surface area contributed by atoms with E-state index in [1.807, 2.05) is 48.5 Å². The van der Waals surface area contributed by atoms with Gasteiger partial charge in [0.15, 0.2) is 0 Å². The zero-order valence-corrected chi connectivity index (χ0v) is 16.8. The first-order valence-electron chi connectivity index (χ1n) is 9.62. The standard InChI is InChI=1S/C24H28N2O2/c1-24(2,3)20-11-5-7-13-22(20)28-17-16-27-21-12-6-4-10-19(21)18-26-23-14-8-9-15-25-23/h4-15H,16-18H2,1-3H3,(H,25,26). The minimum atomic E-state index is 0.0429. The number of nitrogens with one attached hydrogen (secondary N) is 1. The molecule has 3 rings (SSSR count). The molecule has 4 nitrogen and oxygen atoms in total. The van der Waals surface area contributed by atoms with Crippen molar-refractivity contribution in [2.45, 2.75) is 32.7 Å². The van der Waals surface area contributed by atoms with E-state index in [2.05, 4.69) is 49.3 Å². The molecule has 0 saturated heterocycles. The highest BCUT2D eigenvalue weighted by Gasteiger charge is 2.18. The highest BCUT2D eigenvalue weighted by atomic mass is 16.5.